The summed E-state index contributed by atoms with van der Waals surface area (Å²) in [7, 11) is 2.01. The number of ether oxygens (including phenoxy) is 1. The largest absolute Gasteiger partial charge is 0.379 e. The Hall–Kier alpha value is -0.900. The summed E-state index contributed by atoms with van der Waals surface area (Å²) >= 11 is 1.83. The Kier molecular flexibility index (Phi) is 2.46. The number of rotatable bonds is 3. The minimum atomic E-state index is 0.203. The minimum absolute atomic E-state index is 0.203. The zero-order chi connectivity index (χ0) is 11.0. The van der Waals surface area contributed by atoms with Crippen LogP contribution in [0, 0.1) is 0 Å². The second-order valence-corrected chi connectivity index (χ2v) is 5.36. The molecule has 0 spiro atoms. The molecule has 1 aliphatic rings. The van der Waals surface area contributed by atoms with Gasteiger partial charge in [-0.3, -0.25) is 0 Å². The first-order valence-corrected chi connectivity index (χ1v) is 6.43. The Bertz CT molecular complexity index is 501. The zero-order valence-electron chi connectivity index (χ0n) is 9.32. The van der Waals surface area contributed by atoms with Crippen molar-refractivity contribution in [3.63, 3.8) is 0 Å². The number of fused-ring (bicyclic) bond motifs is 1. The molecule has 1 N–H and O–H groups in total. The van der Waals surface area contributed by atoms with Crippen molar-refractivity contribution < 1.29 is 4.74 Å². The summed E-state index contributed by atoms with van der Waals surface area (Å²) in [5.41, 5.74) is 1.66. The van der Waals surface area contributed by atoms with Gasteiger partial charge < -0.3 is 10.1 Å². The van der Waals surface area contributed by atoms with E-state index in [2.05, 4.69) is 35.0 Å². The van der Waals surface area contributed by atoms with Crippen LogP contribution in [0.5, 0.6) is 0 Å². The van der Waals surface area contributed by atoms with Crippen LogP contribution in [0.25, 0.3) is 10.1 Å². The molecular formula is C13H15NOS. The van der Waals surface area contributed by atoms with E-state index in [-0.39, 0.29) is 5.41 Å². The van der Waals surface area contributed by atoms with Gasteiger partial charge in [0.25, 0.3) is 0 Å². The van der Waals surface area contributed by atoms with Gasteiger partial charge in [-0.2, -0.15) is 0 Å². The van der Waals surface area contributed by atoms with Gasteiger partial charge in [-0.25, -0.2) is 0 Å². The van der Waals surface area contributed by atoms with Crippen molar-refractivity contribution in [1.29, 1.82) is 0 Å². The molecule has 1 fully saturated rings. The molecule has 0 unspecified atom stereocenters. The van der Waals surface area contributed by atoms with Crippen molar-refractivity contribution in [2.45, 2.75) is 5.41 Å². The predicted octanol–water partition coefficient (Wildman–Crippen LogP) is 2.39. The molecule has 2 heterocycles. The Morgan fingerprint density at radius 2 is 2.19 bits per heavy atom. The van der Waals surface area contributed by atoms with Crippen molar-refractivity contribution in [2.24, 2.45) is 0 Å². The van der Waals surface area contributed by atoms with Crippen LogP contribution in [0.2, 0.25) is 0 Å². The minimum Gasteiger partial charge on any atom is -0.379 e. The number of hydrogen-bond acceptors (Lipinski definition) is 3. The molecule has 2 aromatic rings. The molecule has 0 aliphatic carbocycles. The van der Waals surface area contributed by atoms with E-state index < -0.39 is 0 Å². The Morgan fingerprint density at radius 1 is 1.38 bits per heavy atom. The topological polar surface area (TPSA) is 21.3 Å². The number of hydrogen-bond donors (Lipinski definition) is 1. The van der Waals surface area contributed by atoms with Gasteiger partial charge in [0.05, 0.1) is 18.6 Å². The molecule has 1 saturated heterocycles. The lowest BCUT2D eigenvalue weighted by molar-refractivity contribution is -0.0573. The third-order valence-corrected chi connectivity index (χ3v) is 4.29. The summed E-state index contributed by atoms with van der Waals surface area (Å²) in [6, 6.07) is 8.63. The molecule has 0 saturated carbocycles. The number of benzene rings is 1. The highest BCUT2D eigenvalue weighted by Gasteiger charge is 2.41. The molecule has 1 aromatic carbocycles. The van der Waals surface area contributed by atoms with E-state index in [4.69, 9.17) is 4.74 Å². The maximum atomic E-state index is 5.43. The highest BCUT2D eigenvalue weighted by atomic mass is 32.1. The van der Waals surface area contributed by atoms with E-state index >= 15 is 0 Å². The Balaban J connectivity index is 2.10. The van der Waals surface area contributed by atoms with E-state index in [1.54, 1.807) is 0 Å². The second kappa shape index (κ2) is 3.84. The second-order valence-electron chi connectivity index (χ2n) is 4.45. The quantitative estimate of drug-likeness (QED) is 0.879. The maximum Gasteiger partial charge on any atom is 0.0598 e. The molecule has 84 valence electrons. The molecule has 16 heavy (non-hydrogen) atoms. The molecule has 0 bridgehead atoms. The SMILES string of the molecule is CNCC1(c2csc3ccccc23)COC1. The lowest BCUT2D eigenvalue weighted by atomic mass is 9.78. The first-order valence-electron chi connectivity index (χ1n) is 5.55. The highest BCUT2D eigenvalue weighted by Crippen LogP contribution is 2.39. The number of thiophene rings is 1. The van der Waals surface area contributed by atoms with Crippen LogP contribution in [0.15, 0.2) is 29.6 Å². The summed E-state index contributed by atoms with van der Waals surface area (Å²) < 4.78 is 6.80. The molecule has 1 aliphatic heterocycles. The number of nitrogens with one attached hydrogen (secondary N) is 1. The lowest BCUT2D eigenvalue weighted by Gasteiger charge is -2.41. The van der Waals surface area contributed by atoms with Crippen LogP contribution in [0.3, 0.4) is 0 Å². The highest BCUT2D eigenvalue weighted by molar-refractivity contribution is 7.17. The van der Waals surface area contributed by atoms with Crippen LogP contribution in [0.4, 0.5) is 0 Å². The van der Waals surface area contributed by atoms with Gasteiger partial charge in [0, 0.05) is 11.2 Å². The Morgan fingerprint density at radius 3 is 2.88 bits per heavy atom. The van der Waals surface area contributed by atoms with Crippen LogP contribution < -0.4 is 5.32 Å². The van der Waals surface area contributed by atoms with Gasteiger partial charge in [-0.05, 0) is 29.4 Å². The smallest absolute Gasteiger partial charge is 0.0598 e. The average Bonchev–Trinajstić information content (AvgIpc) is 2.68. The lowest BCUT2D eigenvalue weighted by Crippen LogP contribution is -2.52. The zero-order valence-corrected chi connectivity index (χ0v) is 10.1. The van der Waals surface area contributed by atoms with Crippen LogP contribution in [0.1, 0.15) is 5.56 Å². The van der Waals surface area contributed by atoms with Crippen molar-refractivity contribution >= 4 is 21.4 Å². The summed E-state index contributed by atoms with van der Waals surface area (Å²) in [5.74, 6) is 0. The van der Waals surface area contributed by atoms with Crippen LogP contribution in [-0.4, -0.2) is 26.8 Å². The standard InChI is InChI=1S/C13H15NOS/c1-14-7-13(8-15-9-13)11-6-16-12-5-3-2-4-10(11)12/h2-6,14H,7-9H2,1H3. The molecule has 0 atom stereocenters. The normalized spacial score (nSPS) is 18.6. The molecular weight excluding hydrogens is 218 g/mol. The summed E-state index contributed by atoms with van der Waals surface area (Å²) in [5, 5.41) is 6.98. The molecule has 3 rings (SSSR count). The monoisotopic (exact) mass is 233 g/mol. The third-order valence-electron chi connectivity index (χ3n) is 3.32. The third kappa shape index (κ3) is 1.39. The summed E-state index contributed by atoms with van der Waals surface area (Å²) in [6.45, 7) is 2.68. The number of likely N-dealkylation sites (N-methyl/N-ethyl adjacent to an activating group) is 1. The van der Waals surface area contributed by atoms with E-state index in [0.717, 1.165) is 19.8 Å². The first kappa shape index (κ1) is 10.3. The van der Waals surface area contributed by atoms with Crippen molar-refractivity contribution in [3.05, 3.63) is 35.2 Å². The average molecular weight is 233 g/mol. The van der Waals surface area contributed by atoms with Crippen LogP contribution >= 0.6 is 11.3 Å². The predicted molar refractivity (Wildman–Crippen MR) is 68.2 cm³/mol. The fourth-order valence-corrected chi connectivity index (χ4v) is 3.51. The van der Waals surface area contributed by atoms with Gasteiger partial charge in [-0.1, -0.05) is 18.2 Å². The molecule has 1 aromatic heterocycles. The van der Waals surface area contributed by atoms with Gasteiger partial charge in [-0.15, -0.1) is 11.3 Å². The molecule has 3 heteroatoms. The van der Waals surface area contributed by atoms with Gasteiger partial charge >= 0.3 is 0 Å². The van der Waals surface area contributed by atoms with E-state index in [9.17, 15) is 0 Å². The van der Waals surface area contributed by atoms with Crippen LogP contribution in [-0.2, 0) is 10.2 Å². The van der Waals surface area contributed by atoms with Crippen molar-refractivity contribution in [1.82, 2.24) is 5.32 Å². The molecule has 2 nitrogen and oxygen atoms in total. The van der Waals surface area contributed by atoms with Gasteiger partial charge in [0.15, 0.2) is 0 Å². The van der Waals surface area contributed by atoms with E-state index in [0.29, 0.717) is 0 Å². The van der Waals surface area contributed by atoms with Crippen molar-refractivity contribution in [2.75, 3.05) is 26.8 Å². The van der Waals surface area contributed by atoms with Gasteiger partial charge in [0.1, 0.15) is 0 Å². The molecule has 0 amide bonds. The fraction of sp³-hybridized carbons (Fsp3) is 0.385. The van der Waals surface area contributed by atoms with Crippen molar-refractivity contribution in [3.8, 4) is 0 Å². The fourth-order valence-electron chi connectivity index (χ4n) is 2.43. The van der Waals surface area contributed by atoms with Gasteiger partial charge in [0.2, 0.25) is 0 Å². The molecule has 0 radical (unpaired) electrons. The summed E-state index contributed by atoms with van der Waals surface area (Å²) in [4.78, 5) is 0. The maximum absolute atomic E-state index is 5.43. The van der Waals surface area contributed by atoms with E-state index in [1.165, 1.54) is 15.6 Å². The first-order chi connectivity index (χ1) is 7.86. The Labute approximate surface area is 99.2 Å². The van der Waals surface area contributed by atoms with E-state index in [1.807, 2.05) is 18.4 Å². The summed E-state index contributed by atoms with van der Waals surface area (Å²) in [6.07, 6.45) is 0.